The quantitative estimate of drug-likeness (QED) is 0.744. The molecule has 1 heterocycles. The summed E-state index contributed by atoms with van der Waals surface area (Å²) in [5.74, 6) is -0.0582. The molecule has 1 aromatic carbocycles. The number of piperidine rings is 1. The van der Waals surface area contributed by atoms with Crippen molar-refractivity contribution in [1.29, 1.82) is 0 Å². The molecule has 3 N–H and O–H groups in total. The summed E-state index contributed by atoms with van der Waals surface area (Å²) >= 11 is 0. The highest BCUT2D eigenvalue weighted by molar-refractivity contribution is 7.88. The zero-order valence-corrected chi connectivity index (χ0v) is 12.8. The second kappa shape index (κ2) is 7.38. The van der Waals surface area contributed by atoms with E-state index in [9.17, 15) is 13.5 Å². The van der Waals surface area contributed by atoms with Gasteiger partial charge in [-0.15, -0.1) is 12.4 Å². The maximum Gasteiger partial charge on any atom is 0.215 e. The van der Waals surface area contributed by atoms with Gasteiger partial charge >= 0.3 is 0 Å². The minimum Gasteiger partial charge on any atom is -0.387 e. The highest BCUT2D eigenvalue weighted by Gasteiger charge is 2.30. The Kier molecular flexibility index (Phi) is 6.42. The fraction of sp³-hybridized carbons (Fsp3) is 0.538. The van der Waals surface area contributed by atoms with Crippen LogP contribution in [0.1, 0.15) is 18.4 Å². The van der Waals surface area contributed by atoms with Crippen LogP contribution in [-0.2, 0) is 15.8 Å². The van der Waals surface area contributed by atoms with Gasteiger partial charge in [0.1, 0.15) is 0 Å². The van der Waals surface area contributed by atoms with Gasteiger partial charge in [-0.1, -0.05) is 30.3 Å². The van der Waals surface area contributed by atoms with Crippen molar-refractivity contribution >= 4 is 22.4 Å². The molecule has 114 valence electrons. The predicted octanol–water partition coefficient (Wildman–Crippen LogP) is 0.642. The first kappa shape index (κ1) is 17.4. The summed E-state index contributed by atoms with van der Waals surface area (Å²) in [6.07, 6.45) is 1.48. The van der Waals surface area contributed by atoms with Crippen molar-refractivity contribution in [1.82, 2.24) is 10.0 Å². The lowest BCUT2D eigenvalue weighted by Crippen LogP contribution is -2.52. The van der Waals surface area contributed by atoms with Crippen LogP contribution in [0.5, 0.6) is 0 Å². The third-order valence-corrected chi connectivity index (χ3v) is 4.57. The number of aliphatic hydroxyl groups is 1. The number of halogens is 1. The number of benzene rings is 1. The molecule has 5 nitrogen and oxygen atoms in total. The fourth-order valence-electron chi connectivity index (χ4n) is 2.19. The van der Waals surface area contributed by atoms with Gasteiger partial charge in [-0.25, -0.2) is 13.1 Å². The predicted molar refractivity (Wildman–Crippen MR) is 81.4 cm³/mol. The Morgan fingerprint density at radius 2 is 2.00 bits per heavy atom. The molecule has 0 spiro atoms. The van der Waals surface area contributed by atoms with Crippen molar-refractivity contribution in [3.05, 3.63) is 35.9 Å². The zero-order valence-electron chi connectivity index (χ0n) is 11.2. The zero-order chi connectivity index (χ0) is 13.8. The van der Waals surface area contributed by atoms with Gasteiger partial charge in [0, 0.05) is 13.1 Å². The lowest BCUT2D eigenvalue weighted by molar-refractivity contribution is 0.0218. The Bertz CT molecular complexity index is 502. The van der Waals surface area contributed by atoms with Crippen LogP contribution in [0.25, 0.3) is 0 Å². The van der Waals surface area contributed by atoms with Gasteiger partial charge < -0.3 is 10.4 Å². The highest BCUT2D eigenvalue weighted by Crippen LogP contribution is 2.15. The first-order valence-corrected chi connectivity index (χ1v) is 8.09. The molecule has 1 aliphatic rings. The maximum atomic E-state index is 11.9. The standard InChI is InChI=1S/C13H20N2O3S.ClH/c16-13(7-4-8-14-10-13)11-15-19(17,18)9-12-5-2-1-3-6-12;/h1-3,5-6,14-16H,4,7-11H2;1H. The molecule has 7 heteroatoms. The first-order valence-electron chi connectivity index (χ1n) is 6.44. The van der Waals surface area contributed by atoms with Gasteiger partial charge in [-0.2, -0.15) is 0 Å². The van der Waals surface area contributed by atoms with Crippen LogP contribution < -0.4 is 10.0 Å². The molecule has 1 saturated heterocycles. The number of β-amino-alcohol motifs (C(OH)–C–C–N with tert-alkyl or cyclic N) is 1. The van der Waals surface area contributed by atoms with Gasteiger partial charge in [0.15, 0.2) is 0 Å². The summed E-state index contributed by atoms with van der Waals surface area (Å²) in [7, 11) is -3.41. The molecule has 1 fully saturated rings. The monoisotopic (exact) mass is 320 g/mol. The van der Waals surface area contributed by atoms with E-state index in [0.29, 0.717) is 13.0 Å². The van der Waals surface area contributed by atoms with Crippen molar-refractivity contribution in [3.8, 4) is 0 Å². The summed E-state index contributed by atoms with van der Waals surface area (Å²) in [5, 5.41) is 13.3. The average Bonchev–Trinajstić information content (AvgIpc) is 2.38. The number of hydrogen-bond acceptors (Lipinski definition) is 4. The summed E-state index contributed by atoms with van der Waals surface area (Å²) in [6, 6.07) is 9.01. The molecular formula is C13H21ClN2O3S. The molecule has 0 radical (unpaired) electrons. The number of sulfonamides is 1. The van der Waals surface area contributed by atoms with Crippen molar-refractivity contribution in [3.63, 3.8) is 0 Å². The van der Waals surface area contributed by atoms with E-state index < -0.39 is 15.6 Å². The van der Waals surface area contributed by atoms with E-state index in [1.54, 1.807) is 12.1 Å². The Hall–Kier alpha value is -0.660. The molecule has 0 aromatic heterocycles. The number of hydrogen-bond donors (Lipinski definition) is 3. The van der Waals surface area contributed by atoms with Crippen LogP contribution in [0.2, 0.25) is 0 Å². The minimum atomic E-state index is -3.41. The first-order chi connectivity index (χ1) is 8.99. The third kappa shape index (κ3) is 5.38. The van der Waals surface area contributed by atoms with Crippen molar-refractivity contribution in [2.75, 3.05) is 19.6 Å². The average molecular weight is 321 g/mol. The van der Waals surface area contributed by atoms with Crippen molar-refractivity contribution < 1.29 is 13.5 Å². The van der Waals surface area contributed by atoms with Gasteiger partial charge in [-0.3, -0.25) is 0 Å². The van der Waals surface area contributed by atoms with Crippen LogP contribution in [-0.4, -0.2) is 38.8 Å². The summed E-state index contributed by atoms with van der Waals surface area (Å²) in [6.45, 7) is 1.37. The van der Waals surface area contributed by atoms with Gasteiger partial charge in [0.05, 0.1) is 11.4 Å². The molecule has 2 rings (SSSR count). The Morgan fingerprint density at radius 3 is 2.60 bits per heavy atom. The Balaban J connectivity index is 0.00000200. The summed E-state index contributed by atoms with van der Waals surface area (Å²) < 4.78 is 26.4. The van der Waals surface area contributed by atoms with Crippen LogP contribution in [0.3, 0.4) is 0 Å². The highest BCUT2D eigenvalue weighted by atomic mass is 35.5. The smallest absolute Gasteiger partial charge is 0.215 e. The lowest BCUT2D eigenvalue weighted by atomic mass is 9.95. The summed E-state index contributed by atoms with van der Waals surface area (Å²) in [4.78, 5) is 0. The largest absolute Gasteiger partial charge is 0.387 e. The normalized spacial score (nSPS) is 23.1. The fourth-order valence-corrected chi connectivity index (χ4v) is 3.41. The number of rotatable bonds is 5. The van der Waals surface area contributed by atoms with Gasteiger partial charge in [0.2, 0.25) is 10.0 Å². The van der Waals surface area contributed by atoms with E-state index in [1.807, 2.05) is 18.2 Å². The van der Waals surface area contributed by atoms with Gasteiger partial charge in [-0.05, 0) is 24.9 Å². The molecule has 1 aromatic rings. The molecule has 0 amide bonds. The second-order valence-electron chi connectivity index (χ2n) is 5.07. The molecule has 1 atom stereocenters. The van der Waals surface area contributed by atoms with E-state index in [2.05, 4.69) is 10.0 Å². The topological polar surface area (TPSA) is 78.4 Å². The van der Waals surface area contributed by atoms with E-state index >= 15 is 0 Å². The van der Waals surface area contributed by atoms with Crippen LogP contribution >= 0.6 is 12.4 Å². The minimum absolute atomic E-state index is 0. The van der Waals surface area contributed by atoms with Gasteiger partial charge in [0.25, 0.3) is 0 Å². The van der Waals surface area contributed by atoms with Crippen LogP contribution in [0, 0.1) is 0 Å². The summed E-state index contributed by atoms with van der Waals surface area (Å²) in [5.41, 5.74) is -0.231. The van der Waals surface area contributed by atoms with Crippen molar-refractivity contribution in [2.24, 2.45) is 0 Å². The van der Waals surface area contributed by atoms with Crippen molar-refractivity contribution in [2.45, 2.75) is 24.2 Å². The molecule has 0 saturated carbocycles. The SMILES string of the molecule is Cl.O=S(=O)(Cc1ccccc1)NCC1(O)CCCNC1. The molecule has 0 bridgehead atoms. The number of nitrogens with one attached hydrogen (secondary N) is 2. The Labute approximate surface area is 126 Å². The molecule has 1 aliphatic heterocycles. The molecule has 20 heavy (non-hydrogen) atoms. The molecule has 0 aliphatic carbocycles. The van der Waals surface area contributed by atoms with Crippen LogP contribution in [0.15, 0.2) is 30.3 Å². The molecule has 1 unspecified atom stereocenters. The Morgan fingerprint density at radius 1 is 1.30 bits per heavy atom. The van der Waals surface area contributed by atoms with E-state index in [0.717, 1.165) is 18.5 Å². The second-order valence-corrected chi connectivity index (χ2v) is 6.88. The van der Waals surface area contributed by atoms with E-state index in [-0.39, 0.29) is 24.7 Å². The maximum absolute atomic E-state index is 11.9. The lowest BCUT2D eigenvalue weighted by Gasteiger charge is -2.32. The molecular weight excluding hydrogens is 300 g/mol. The van der Waals surface area contributed by atoms with E-state index in [4.69, 9.17) is 0 Å². The van der Waals surface area contributed by atoms with Crippen LogP contribution in [0.4, 0.5) is 0 Å². The van der Waals surface area contributed by atoms with E-state index in [1.165, 1.54) is 0 Å². The third-order valence-electron chi connectivity index (χ3n) is 3.27.